The Kier molecular flexibility index (Phi) is 5.37. The number of rotatable bonds is 2. The Hall–Kier alpha value is -1.49. The number of Topliss-reactive ketones (excluding diaryl/α,β-unsaturated/α-hetero) is 4. The molecule has 0 bridgehead atoms. The van der Waals surface area contributed by atoms with E-state index in [4.69, 9.17) is 34.8 Å². The highest BCUT2D eigenvalue weighted by atomic mass is 35.6. The largest absolute Gasteiger partial charge is 0.293 e. The summed E-state index contributed by atoms with van der Waals surface area (Å²) in [4.78, 5) is 52.0. The zero-order chi connectivity index (χ0) is 20.0. The minimum atomic E-state index is -2.45. The van der Waals surface area contributed by atoms with E-state index in [1.54, 1.807) is 24.3 Å². The van der Waals surface area contributed by atoms with Crippen LogP contribution in [0.4, 0.5) is 0 Å². The number of carbonyl (C=O) groups excluding carboxylic acids is 4. The molecule has 4 nitrogen and oxygen atoms in total. The minimum Gasteiger partial charge on any atom is -0.293 e. The van der Waals surface area contributed by atoms with Crippen molar-refractivity contribution in [3.05, 3.63) is 41.0 Å². The first-order valence-corrected chi connectivity index (χ1v) is 9.80. The van der Waals surface area contributed by atoms with E-state index in [0.29, 0.717) is 31.2 Å². The number of hydrogen-bond acceptors (Lipinski definition) is 4. The van der Waals surface area contributed by atoms with E-state index in [2.05, 4.69) is 0 Å². The number of allylic oxidation sites excluding steroid dienone is 2. The van der Waals surface area contributed by atoms with Gasteiger partial charge in [0.25, 0.3) is 3.79 Å². The highest BCUT2D eigenvalue weighted by molar-refractivity contribution is 6.80. The number of alkyl halides is 3. The van der Waals surface area contributed by atoms with Crippen molar-refractivity contribution in [2.45, 2.75) is 42.8 Å². The Morgan fingerprint density at radius 3 is 2.00 bits per heavy atom. The van der Waals surface area contributed by atoms with E-state index >= 15 is 0 Å². The second-order valence-corrected chi connectivity index (χ2v) is 9.35. The third kappa shape index (κ3) is 3.39. The summed E-state index contributed by atoms with van der Waals surface area (Å²) in [7, 11) is 0. The molecule has 0 radical (unpaired) electrons. The zero-order valence-corrected chi connectivity index (χ0v) is 16.9. The molecule has 0 N–H and O–H groups in total. The number of aryl methyl sites for hydroxylation is 1. The lowest BCUT2D eigenvalue weighted by atomic mass is 9.60. The van der Waals surface area contributed by atoms with E-state index in [1.165, 1.54) is 0 Å². The highest BCUT2D eigenvalue weighted by Gasteiger charge is 2.57. The van der Waals surface area contributed by atoms with Gasteiger partial charge in [0.15, 0.2) is 5.78 Å². The van der Waals surface area contributed by atoms with Crippen molar-refractivity contribution in [3.8, 4) is 0 Å². The van der Waals surface area contributed by atoms with Gasteiger partial charge in [0.05, 0.1) is 5.57 Å². The molecule has 0 aliphatic heterocycles. The van der Waals surface area contributed by atoms with E-state index in [1.807, 2.05) is 6.92 Å². The molecule has 0 amide bonds. The van der Waals surface area contributed by atoms with Gasteiger partial charge in [0, 0.05) is 5.57 Å². The standard InChI is InChI=1S/C20H17Cl3O4/c1-11-5-7-12(8-6-11)13-14(17(26)20(21,22)23)15(24)18(27)19(16(13)25)9-3-2-4-10-19/h5-8H,2-4,9-10H2,1H3. The lowest BCUT2D eigenvalue weighted by molar-refractivity contribution is -0.148. The Morgan fingerprint density at radius 2 is 1.48 bits per heavy atom. The lowest BCUT2D eigenvalue weighted by Gasteiger charge is -2.38. The van der Waals surface area contributed by atoms with Crippen molar-refractivity contribution in [3.63, 3.8) is 0 Å². The van der Waals surface area contributed by atoms with Crippen molar-refractivity contribution in [1.82, 2.24) is 0 Å². The van der Waals surface area contributed by atoms with Crippen LogP contribution in [0.5, 0.6) is 0 Å². The quantitative estimate of drug-likeness (QED) is 0.304. The fraction of sp³-hybridized carbons (Fsp3) is 0.400. The van der Waals surface area contributed by atoms with Gasteiger partial charge in [0.2, 0.25) is 17.3 Å². The maximum absolute atomic E-state index is 13.5. The highest BCUT2D eigenvalue weighted by Crippen LogP contribution is 2.47. The predicted octanol–water partition coefficient (Wildman–Crippen LogP) is 4.36. The molecule has 1 fully saturated rings. The van der Waals surface area contributed by atoms with Crippen LogP contribution in [0.2, 0.25) is 0 Å². The fourth-order valence-corrected chi connectivity index (χ4v) is 4.15. The molecule has 1 aromatic carbocycles. The molecular formula is C20H17Cl3O4. The molecule has 1 aromatic rings. The molecule has 0 aromatic heterocycles. The van der Waals surface area contributed by atoms with Crippen LogP contribution in [0.25, 0.3) is 5.57 Å². The number of benzene rings is 1. The van der Waals surface area contributed by atoms with Crippen LogP contribution in [-0.4, -0.2) is 26.9 Å². The molecule has 7 heteroatoms. The van der Waals surface area contributed by atoms with Gasteiger partial charge in [-0.25, -0.2) is 0 Å². The summed E-state index contributed by atoms with van der Waals surface area (Å²) in [5, 5.41) is 0. The van der Waals surface area contributed by atoms with Crippen LogP contribution >= 0.6 is 34.8 Å². The Morgan fingerprint density at radius 1 is 0.926 bits per heavy atom. The first kappa shape index (κ1) is 20.2. The summed E-state index contributed by atoms with van der Waals surface area (Å²) in [5.41, 5.74) is -0.837. The summed E-state index contributed by atoms with van der Waals surface area (Å²) in [6.07, 6.45) is 2.81. The van der Waals surface area contributed by atoms with E-state index in [-0.39, 0.29) is 5.57 Å². The van der Waals surface area contributed by atoms with Crippen molar-refractivity contribution < 1.29 is 19.2 Å². The minimum absolute atomic E-state index is 0.113. The van der Waals surface area contributed by atoms with Gasteiger partial charge in [-0.1, -0.05) is 83.9 Å². The normalized spacial score (nSPS) is 20.4. The average molecular weight is 428 g/mol. The van der Waals surface area contributed by atoms with Gasteiger partial charge < -0.3 is 0 Å². The molecule has 1 saturated carbocycles. The van der Waals surface area contributed by atoms with Crippen LogP contribution < -0.4 is 0 Å². The molecule has 0 unspecified atom stereocenters. The first-order chi connectivity index (χ1) is 12.6. The Bertz CT molecular complexity index is 869. The van der Waals surface area contributed by atoms with Gasteiger partial charge in [-0.3, -0.25) is 19.2 Å². The van der Waals surface area contributed by atoms with E-state index in [9.17, 15) is 19.2 Å². The summed E-state index contributed by atoms with van der Waals surface area (Å²) < 4.78 is -2.45. The van der Waals surface area contributed by atoms with Crippen LogP contribution in [-0.2, 0) is 19.2 Å². The number of halogens is 3. The van der Waals surface area contributed by atoms with Crippen LogP contribution in [0.3, 0.4) is 0 Å². The van der Waals surface area contributed by atoms with Gasteiger partial charge >= 0.3 is 0 Å². The molecule has 142 valence electrons. The lowest BCUT2D eigenvalue weighted by Crippen LogP contribution is -2.51. The molecular weight excluding hydrogens is 411 g/mol. The SMILES string of the molecule is Cc1ccc(C2=C(C(=O)C(Cl)(Cl)Cl)C(=O)C(=O)C3(CCCCC3)C2=O)cc1. The van der Waals surface area contributed by atoms with Crippen LogP contribution in [0, 0.1) is 12.3 Å². The van der Waals surface area contributed by atoms with Crippen LogP contribution in [0.1, 0.15) is 43.2 Å². The smallest absolute Gasteiger partial charge is 0.253 e. The van der Waals surface area contributed by atoms with E-state index in [0.717, 1.165) is 12.0 Å². The first-order valence-electron chi connectivity index (χ1n) is 8.66. The summed E-state index contributed by atoms with van der Waals surface area (Å²) in [5.74, 6) is -3.57. The zero-order valence-electron chi connectivity index (χ0n) is 14.6. The molecule has 27 heavy (non-hydrogen) atoms. The molecule has 3 rings (SSSR count). The monoisotopic (exact) mass is 426 g/mol. The van der Waals surface area contributed by atoms with Crippen molar-refractivity contribution >= 4 is 63.5 Å². The van der Waals surface area contributed by atoms with Crippen LogP contribution in [0.15, 0.2) is 29.8 Å². The topological polar surface area (TPSA) is 68.3 Å². The third-order valence-electron chi connectivity index (χ3n) is 5.31. The second-order valence-electron chi connectivity index (χ2n) is 7.07. The van der Waals surface area contributed by atoms with Gasteiger partial charge in [-0.05, 0) is 25.3 Å². The molecule has 0 atom stereocenters. The van der Waals surface area contributed by atoms with Gasteiger partial charge in [-0.2, -0.15) is 0 Å². The van der Waals surface area contributed by atoms with Crippen molar-refractivity contribution in [2.24, 2.45) is 5.41 Å². The Balaban J connectivity index is 2.29. The van der Waals surface area contributed by atoms with Crippen molar-refractivity contribution in [1.29, 1.82) is 0 Å². The number of hydrogen-bond donors (Lipinski definition) is 0. The average Bonchev–Trinajstić information content (AvgIpc) is 2.63. The molecule has 2 aliphatic rings. The third-order valence-corrected chi connectivity index (χ3v) is 5.83. The predicted molar refractivity (Wildman–Crippen MR) is 104 cm³/mol. The fourth-order valence-electron chi connectivity index (χ4n) is 3.86. The van der Waals surface area contributed by atoms with Crippen molar-refractivity contribution in [2.75, 3.05) is 0 Å². The molecule has 1 spiro atoms. The molecule has 0 heterocycles. The number of carbonyl (C=O) groups is 4. The second kappa shape index (κ2) is 7.16. The number of ketones is 4. The summed E-state index contributed by atoms with van der Waals surface area (Å²) in [6.45, 7) is 1.87. The molecule has 2 aliphatic carbocycles. The van der Waals surface area contributed by atoms with Gasteiger partial charge in [-0.15, -0.1) is 0 Å². The maximum Gasteiger partial charge on any atom is 0.253 e. The summed E-state index contributed by atoms with van der Waals surface area (Å²) in [6, 6.07) is 6.77. The summed E-state index contributed by atoms with van der Waals surface area (Å²) >= 11 is 17.1. The molecule has 0 saturated heterocycles. The Labute approximate surface area is 171 Å². The van der Waals surface area contributed by atoms with E-state index < -0.39 is 37.9 Å². The van der Waals surface area contributed by atoms with Gasteiger partial charge in [0.1, 0.15) is 5.41 Å². The maximum atomic E-state index is 13.5.